The molecule has 0 aliphatic rings. The SMILES string of the molecule is CCC(CC)C(O)C(=O)Cc1ccn(C)n1. The Kier molecular flexibility index (Phi) is 4.68. The molecule has 0 aromatic carbocycles. The van der Waals surface area contributed by atoms with Crippen LogP contribution < -0.4 is 0 Å². The fourth-order valence-electron chi connectivity index (χ4n) is 1.84. The van der Waals surface area contributed by atoms with Crippen LogP contribution in [0.4, 0.5) is 0 Å². The number of hydrogen-bond donors (Lipinski definition) is 1. The Hall–Kier alpha value is -1.16. The number of carbonyl (C=O) groups is 1. The Labute approximate surface area is 96.3 Å². The fourth-order valence-corrected chi connectivity index (χ4v) is 1.84. The number of hydrogen-bond acceptors (Lipinski definition) is 3. The second-order valence-electron chi connectivity index (χ2n) is 4.15. The number of Topliss-reactive ketones (excluding diaryl/α,β-unsaturated/α-hetero) is 1. The second-order valence-corrected chi connectivity index (χ2v) is 4.15. The zero-order chi connectivity index (χ0) is 12.1. The van der Waals surface area contributed by atoms with Gasteiger partial charge in [0.15, 0.2) is 5.78 Å². The van der Waals surface area contributed by atoms with Crippen molar-refractivity contribution in [2.45, 2.75) is 39.2 Å². The molecule has 1 N–H and O–H groups in total. The predicted molar refractivity (Wildman–Crippen MR) is 62.0 cm³/mol. The van der Waals surface area contributed by atoms with Crippen LogP contribution in [0.2, 0.25) is 0 Å². The van der Waals surface area contributed by atoms with E-state index in [9.17, 15) is 9.90 Å². The summed E-state index contributed by atoms with van der Waals surface area (Å²) in [5.74, 6) is -0.0661. The van der Waals surface area contributed by atoms with Crippen molar-refractivity contribution in [3.05, 3.63) is 18.0 Å². The number of aromatic nitrogens is 2. The van der Waals surface area contributed by atoms with Crippen molar-refractivity contribution in [3.63, 3.8) is 0 Å². The summed E-state index contributed by atoms with van der Waals surface area (Å²) in [5, 5.41) is 14.0. The van der Waals surface area contributed by atoms with Gasteiger partial charge in [-0.25, -0.2) is 0 Å². The third kappa shape index (κ3) is 3.17. The average Bonchev–Trinajstić information content (AvgIpc) is 2.65. The third-order valence-electron chi connectivity index (χ3n) is 2.95. The van der Waals surface area contributed by atoms with Gasteiger partial charge in [0.1, 0.15) is 6.10 Å². The topological polar surface area (TPSA) is 55.1 Å². The van der Waals surface area contributed by atoms with Gasteiger partial charge < -0.3 is 5.11 Å². The number of aliphatic hydroxyl groups is 1. The van der Waals surface area contributed by atoms with Gasteiger partial charge in [-0.2, -0.15) is 5.10 Å². The highest BCUT2D eigenvalue weighted by atomic mass is 16.3. The summed E-state index contributed by atoms with van der Waals surface area (Å²) in [7, 11) is 1.81. The van der Waals surface area contributed by atoms with Crippen molar-refractivity contribution >= 4 is 5.78 Å². The highest BCUT2D eigenvalue weighted by Crippen LogP contribution is 2.15. The molecule has 0 aliphatic heterocycles. The van der Waals surface area contributed by atoms with E-state index in [2.05, 4.69) is 5.10 Å². The van der Waals surface area contributed by atoms with Crippen molar-refractivity contribution in [2.24, 2.45) is 13.0 Å². The van der Waals surface area contributed by atoms with Gasteiger partial charge in [0.2, 0.25) is 0 Å². The molecule has 0 fully saturated rings. The maximum Gasteiger partial charge on any atom is 0.167 e. The van der Waals surface area contributed by atoms with Crippen LogP contribution in [0.3, 0.4) is 0 Å². The lowest BCUT2D eigenvalue weighted by molar-refractivity contribution is -0.129. The van der Waals surface area contributed by atoms with Crippen molar-refractivity contribution in [1.29, 1.82) is 0 Å². The summed E-state index contributed by atoms with van der Waals surface area (Å²) in [6, 6.07) is 1.80. The van der Waals surface area contributed by atoms with Crippen molar-refractivity contribution in [1.82, 2.24) is 9.78 Å². The smallest absolute Gasteiger partial charge is 0.167 e. The number of carbonyl (C=O) groups excluding carboxylic acids is 1. The van der Waals surface area contributed by atoms with Crippen LogP contribution in [0, 0.1) is 5.92 Å². The van der Waals surface area contributed by atoms with Gasteiger partial charge in [-0.3, -0.25) is 9.48 Å². The van der Waals surface area contributed by atoms with Gasteiger partial charge in [0.05, 0.1) is 12.1 Å². The standard InChI is InChI=1S/C12H20N2O2/c1-4-9(5-2)12(16)11(15)8-10-6-7-14(3)13-10/h6-7,9,12,16H,4-5,8H2,1-3H3. The maximum absolute atomic E-state index is 11.8. The van der Waals surface area contributed by atoms with Crippen molar-refractivity contribution < 1.29 is 9.90 Å². The first kappa shape index (κ1) is 12.9. The van der Waals surface area contributed by atoms with Crippen molar-refractivity contribution in [2.75, 3.05) is 0 Å². The van der Waals surface area contributed by atoms with E-state index in [4.69, 9.17) is 0 Å². The Bertz CT molecular complexity index is 343. The molecule has 16 heavy (non-hydrogen) atoms. The fraction of sp³-hybridized carbons (Fsp3) is 0.667. The van der Waals surface area contributed by atoms with Crippen LogP contribution in [-0.2, 0) is 18.3 Å². The first-order valence-corrected chi connectivity index (χ1v) is 5.77. The number of aliphatic hydroxyl groups excluding tert-OH is 1. The molecular weight excluding hydrogens is 204 g/mol. The number of rotatable bonds is 6. The predicted octanol–water partition coefficient (Wildman–Crippen LogP) is 1.33. The first-order valence-electron chi connectivity index (χ1n) is 5.77. The van der Waals surface area contributed by atoms with Crippen molar-refractivity contribution in [3.8, 4) is 0 Å². The van der Waals surface area contributed by atoms with E-state index in [-0.39, 0.29) is 18.1 Å². The first-order chi connectivity index (χ1) is 7.58. The van der Waals surface area contributed by atoms with E-state index < -0.39 is 6.10 Å². The van der Waals surface area contributed by atoms with Gasteiger partial charge >= 0.3 is 0 Å². The monoisotopic (exact) mass is 224 g/mol. The Morgan fingerprint density at radius 1 is 1.50 bits per heavy atom. The van der Waals surface area contributed by atoms with Gasteiger partial charge in [0, 0.05) is 13.2 Å². The summed E-state index contributed by atoms with van der Waals surface area (Å²) in [5.41, 5.74) is 0.720. The zero-order valence-corrected chi connectivity index (χ0v) is 10.2. The molecule has 1 atom stereocenters. The average molecular weight is 224 g/mol. The molecule has 0 aliphatic carbocycles. The summed E-state index contributed by atoms with van der Waals surface area (Å²) in [4.78, 5) is 11.8. The summed E-state index contributed by atoms with van der Waals surface area (Å²) in [6.45, 7) is 3.98. The zero-order valence-electron chi connectivity index (χ0n) is 10.2. The van der Waals surface area contributed by atoms with Crippen LogP contribution in [-0.4, -0.2) is 26.8 Å². The van der Waals surface area contributed by atoms with E-state index in [1.165, 1.54) is 0 Å². The molecule has 1 aromatic rings. The van der Waals surface area contributed by atoms with Gasteiger partial charge in [-0.1, -0.05) is 26.7 Å². The highest BCUT2D eigenvalue weighted by Gasteiger charge is 2.23. The molecule has 0 amide bonds. The minimum Gasteiger partial charge on any atom is -0.385 e. The molecule has 0 bridgehead atoms. The minimum absolute atomic E-state index is 0.0659. The Morgan fingerprint density at radius 3 is 2.56 bits per heavy atom. The lowest BCUT2D eigenvalue weighted by atomic mass is 9.92. The molecular formula is C12H20N2O2. The quantitative estimate of drug-likeness (QED) is 0.793. The lowest BCUT2D eigenvalue weighted by Crippen LogP contribution is -2.30. The van der Waals surface area contributed by atoms with Gasteiger partial charge in [-0.05, 0) is 12.0 Å². The molecule has 1 heterocycles. The maximum atomic E-state index is 11.8. The molecule has 0 saturated heterocycles. The molecule has 1 rings (SSSR count). The third-order valence-corrected chi connectivity index (χ3v) is 2.95. The van der Waals surface area contributed by atoms with E-state index in [0.29, 0.717) is 0 Å². The molecule has 1 unspecified atom stereocenters. The largest absolute Gasteiger partial charge is 0.385 e. The summed E-state index contributed by atoms with van der Waals surface area (Å²) >= 11 is 0. The van der Waals surface area contributed by atoms with Crippen LogP contribution in [0.25, 0.3) is 0 Å². The van der Waals surface area contributed by atoms with Gasteiger partial charge in [0.25, 0.3) is 0 Å². The molecule has 1 aromatic heterocycles. The molecule has 0 radical (unpaired) electrons. The lowest BCUT2D eigenvalue weighted by Gasteiger charge is -2.18. The Balaban J connectivity index is 2.58. The summed E-state index contributed by atoms with van der Waals surface area (Å²) in [6.07, 6.45) is 2.82. The number of nitrogens with zero attached hydrogens (tertiary/aromatic N) is 2. The van der Waals surface area contributed by atoms with Gasteiger partial charge in [-0.15, -0.1) is 0 Å². The molecule has 4 heteroatoms. The minimum atomic E-state index is -0.850. The van der Waals surface area contributed by atoms with E-state index >= 15 is 0 Å². The molecule has 0 spiro atoms. The van der Waals surface area contributed by atoms with Crippen LogP contribution in [0.15, 0.2) is 12.3 Å². The highest BCUT2D eigenvalue weighted by molar-refractivity contribution is 5.84. The Morgan fingerprint density at radius 2 is 2.12 bits per heavy atom. The van der Waals surface area contributed by atoms with E-state index in [0.717, 1.165) is 18.5 Å². The second kappa shape index (κ2) is 5.80. The van der Waals surface area contributed by atoms with Crippen LogP contribution in [0.5, 0.6) is 0 Å². The molecule has 0 saturated carbocycles. The molecule has 90 valence electrons. The van der Waals surface area contributed by atoms with Crippen LogP contribution in [0.1, 0.15) is 32.4 Å². The molecule has 4 nitrogen and oxygen atoms in total. The summed E-state index contributed by atoms with van der Waals surface area (Å²) < 4.78 is 1.66. The number of ketones is 1. The van der Waals surface area contributed by atoms with E-state index in [1.54, 1.807) is 16.9 Å². The van der Waals surface area contributed by atoms with E-state index in [1.807, 2.05) is 20.9 Å². The van der Waals surface area contributed by atoms with Crippen LogP contribution >= 0.6 is 0 Å². The number of aryl methyl sites for hydroxylation is 1. The normalized spacial score (nSPS) is 13.1.